The topological polar surface area (TPSA) is 47.3 Å². The summed E-state index contributed by atoms with van der Waals surface area (Å²) in [4.78, 5) is 1.22. The molecule has 16 heavy (non-hydrogen) atoms. The van der Waals surface area contributed by atoms with Gasteiger partial charge in [0.05, 0.1) is 6.61 Å². The highest BCUT2D eigenvalue weighted by Gasteiger charge is 2.21. The van der Waals surface area contributed by atoms with Crippen LogP contribution in [0.2, 0.25) is 0 Å². The number of hydrogen-bond donors (Lipinski definition) is 2. The zero-order valence-electron chi connectivity index (χ0n) is 8.60. The average molecular weight is 252 g/mol. The van der Waals surface area contributed by atoms with E-state index >= 15 is 0 Å². The van der Waals surface area contributed by atoms with Crippen LogP contribution in [-0.2, 0) is 4.74 Å². The maximum Gasteiger partial charge on any atom is 0.116 e. The Balaban J connectivity index is 1.97. The maximum absolute atomic E-state index is 5.61. The minimum Gasteiger partial charge on any atom is -0.496 e. The second-order valence-electron chi connectivity index (χ2n) is 3.64. The van der Waals surface area contributed by atoms with Gasteiger partial charge in [-0.05, 0) is 23.6 Å². The number of rotatable bonds is 3. The predicted octanol–water partition coefficient (Wildman–Crippen LogP) is 2.77. The van der Waals surface area contributed by atoms with Crippen LogP contribution in [0.15, 0.2) is 29.3 Å². The highest BCUT2D eigenvalue weighted by Crippen LogP contribution is 2.36. The minimum atomic E-state index is 0.00657. The quantitative estimate of drug-likeness (QED) is 0.652. The lowest BCUT2D eigenvalue weighted by Gasteiger charge is -2.15. The van der Waals surface area contributed by atoms with E-state index in [0.29, 0.717) is 0 Å². The molecule has 5 heteroatoms. The lowest BCUT2D eigenvalue weighted by atomic mass is 10.2. The van der Waals surface area contributed by atoms with Gasteiger partial charge in [-0.15, -0.1) is 22.7 Å². The first kappa shape index (κ1) is 10.3. The number of thiophene rings is 2. The molecule has 3 nitrogen and oxygen atoms in total. The predicted molar refractivity (Wildman–Crippen MR) is 68.4 cm³/mol. The third kappa shape index (κ3) is 1.66. The SMILES string of the molecule is NNC(C1=CCCO1)c1cc2sccc2s1. The first-order valence-corrected chi connectivity index (χ1v) is 6.84. The number of hydrazine groups is 1. The zero-order valence-corrected chi connectivity index (χ0v) is 10.2. The van der Waals surface area contributed by atoms with Gasteiger partial charge in [0.25, 0.3) is 0 Å². The Labute approximate surface area is 101 Å². The van der Waals surface area contributed by atoms with Crippen LogP contribution >= 0.6 is 22.7 Å². The molecule has 2 aromatic rings. The van der Waals surface area contributed by atoms with Crippen LogP contribution in [0.25, 0.3) is 9.40 Å². The van der Waals surface area contributed by atoms with Crippen LogP contribution < -0.4 is 11.3 Å². The standard InChI is InChI=1S/C11H12N2OS2/c12-13-11(7-2-1-4-14-7)10-6-9-8(16-10)3-5-15-9/h2-3,5-6,11,13H,1,4,12H2. The second-order valence-corrected chi connectivity index (χ2v) is 5.70. The average Bonchev–Trinajstić information content (AvgIpc) is 2.91. The second kappa shape index (κ2) is 4.18. The molecule has 3 rings (SSSR count). The van der Waals surface area contributed by atoms with Crippen molar-refractivity contribution < 1.29 is 4.74 Å². The molecule has 2 aromatic heterocycles. The molecule has 0 saturated carbocycles. The van der Waals surface area contributed by atoms with E-state index < -0.39 is 0 Å². The van der Waals surface area contributed by atoms with Crippen molar-refractivity contribution in [3.8, 4) is 0 Å². The molecular formula is C11H12N2OS2. The first-order valence-electron chi connectivity index (χ1n) is 5.14. The number of hydrogen-bond acceptors (Lipinski definition) is 5. The van der Waals surface area contributed by atoms with E-state index in [4.69, 9.17) is 10.6 Å². The zero-order chi connectivity index (χ0) is 11.0. The number of ether oxygens (including phenoxy) is 1. The molecule has 1 unspecified atom stereocenters. The van der Waals surface area contributed by atoms with Crippen molar-refractivity contribution in [1.29, 1.82) is 0 Å². The normalized spacial score (nSPS) is 17.4. The molecule has 0 spiro atoms. The Morgan fingerprint density at radius 3 is 3.06 bits per heavy atom. The van der Waals surface area contributed by atoms with Crippen molar-refractivity contribution in [3.05, 3.63) is 34.2 Å². The third-order valence-electron chi connectivity index (χ3n) is 2.63. The summed E-state index contributed by atoms with van der Waals surface area (Å²) in [6.45, 7) is 0.771. The van der Waals surface area contributed by atoms with E-state index in [9.17, 15) is 0 Å². The van der Waals surface area contributed by atoms with Gasteiger partial charge in [0.1, 0.15) is 11.8 Å². The van der Waals surface area contributed by atoms with Crippen molar-refractivity contribution in [3.63, 3.8) is 0 Å². The van der Waals surface area contributed by atoms with Crippen molar-refractivity contribution in [2.24, 2.45) is 5.84 Å². The van der Waals surface area contributed by atoms with Crippen LogP contribution in [0.3, 0.4) is 0 Å². The van der Waals surface area contributed by atoms with Gasteiger partial charge in [-0.3, -0.25) is 5.84 Å². The molecule has 84 valence electrons. The van der Waals surface area contributed by atoms with Crippen LogP contribution in [-0.4, -0.2) is 6.61 Å². The summed E-state index contributed by atoms with van der Waals surface area (Å²) in [5, 5.41) is 2.11. The van der Waals surface area contributed by atoms with Gasteiger partial charge in [0.2, 0.25) is 0 Å². The maximum atomic E-state index is 5.61. The summed E-state index contributed by atoms with van der Waals surface area (Å²) in [6, 6.07) is 4.34. The highest BCUT2D eigenvalue weighted by atomic mass is 32.1. The Bertz CT molecular complexity index is 500. The number of nitrogens with two attached hydrogens (primary N) is 1. The highest BCUT2D eigenvalue weighted by molar-refractivity contribution is 7.26. The fourth-order valence-electron chi connectivity index (χ4n) is 1.87. The van der Waals surface area contributed by atoms with Gasteiger partial charge in [-0.25, -0.2) is 5.43 Å². The molecule has 1 aliphatic rings. The van der Waals surface area contributed by atoms with Crippen LogP contribution in [0.4, 0.5) is 0 Å². The van der Waals surface area contributed by atoms with Gasteiger partial charge in [-0.2, -0.15) is 0 Å². The minimum absolute atomic E-state index is 0.00657. The van der Waals surface area contributed by atoms with Crippen LogP contribution in [0, 0.1) is 0 Å². The summed E-state index contributed by atoms with van der Waals surface area (Å²) < 4.78 is 8.20. The summed E-state index contributed by atoms with van der Waals surface area (Å²) in [6.07, 6.45) is 3.09. The summed E-state index contributed by atoms with van der Waals surface area (Å²) in [7, 11) is 0. The lowest BCUT2D eigenvalue weighted by molar-refractivity contribution is 0.216. The Hall–Kier alpha value is -0.880. The fourth-order valence-corrected chi connectivity index (χ4v) is 4.06. The summed E-state index contributed by atoms with van der Waals surface area (Å²) in [5.41, 5.74) is 2.83. The molecule has 3 N–H and O–H groups in total. The van der Waals surface area contributed by atoms with Crippen molar-refractivity contribution in [1.82, 2.24) is 5.43 Å². The third-order valence-corrected chi connectivity index (χ3v) is 4.78. The Morgan fingerprint density at radius 1 is 1.44 bits per heavy atom. The molecule has 0 fully saturated rings. The van der Waals surface area contributed by atoms with Gasteiger partial charge < -0.3 is 4.74 Å². The van der Waals surface area contributed by atoms with E-state index in [-0.39, 0.29) is 6.04 Å². The molecule has 0 radical (unpaired) electrons. The van der Waals surface area contributed by atoms with Crippen LogP contribution in [0.1, 0.15) is 17.3 Å². The van der Waals surface area contributed by atoms with E-state index in [1.807, 2.05) is 0 Å². The first-order chi connectivity index (χ1) is 7.88. The molecule has 1 atom stereocenters. The van der Waals surface area contributed by atoms with E-state index in [0.717, 1.165) is 18.8 Å². The molecule has 1 aliphatic heterocycles. The van der Waals surface area contributed by atoms with Gasteiger partial charge in [-0.1, -0.05) is 0 Å². The molecule has 3 heterocycles. The molecule has 0 saturated heterocycles. The molecule has 0 aromatic carbocycles. The monoisotopic (exact) mass is 252 g/mol. The smallest absolute Gasteiger partial charge is 0.116 e. The molecule has 0 amide bonds. The molecular weight excluding hydrogens is 240 g/mol. The number of fused-ring (bicyclic) bond motifs is 1. The van der Waals surface area contributed by atoms with Crippen LogP contribution in [0.5, 0.6) is 0 Å². The summed E-state index contributed by atoms with van der Waals surface area (Å²) in [5.74, 6) is 6.57. The van der Waals surface area contributed by atoms with E-state index in [1.165, 1.54) is 14.3 Å². The Morgan fingerprint density at radius 2 is 2.38 bits per heavy atom. The van der Waals surface area contributed by atoms with Crippen molar-refractivity contribution >= 4 is 32.1 Å². The molecule has 0 aliphatic carbocycles. The Kier molecular flexibility index (Phi) is 2.69. The lowest BCUT2D eigenvalue weighted by Crippen LogP contribution is -2.29. The van der Waals surface area contributed by atoms with Crippen molar-refractivity contribution in [2.75, 3.05) is 6.61 Å². The van der Waals surface area contributed by atoms with Gasteiger partial charge in [0, 0.05) is 20.7 Å². The van der Waals surface area contributed by atoms with Gasteiger partial charge >= 0.3 is 0 Å². The van der Waals surface area contributed by atoms with Crippen molar-refractivity contribution in [2.45, 2.75) is 12.5 Å². The van der Waals surface area contributed by atoms with E-state index in [2.05, 4.69) is 29.0 Å². The molecule has 0 bridgehead atoms. The van der Waals surface area contributed by atoms with E-state index in [1.54, 1.807) is 22.7 Å². The van der Waals surface area contributed by atoms with Gasteiger partial charge in [0.15, 0.2) is 0 Å². The summed E-state index contributed by atoms with van der Waals surface area (Å²) >= 11 is 3.53. The largest absolute Gasteiger partial charge is 0.496 e. The fraction of sp³-hybridized carbons (Fsp3) is 0.273. The number of nitrogens with one attached hydrogen (secondary N) is 1.